The summed E-state index contributed by atoms with van der Waals surface area (Å²) in [6, 6.07) is 0. The van der Waals surface area contributed by atoms with E-state index < -0.39 is 0 Å². The lowest BCUT2D eigenvalue weighted by molar-refractivity contribution is 0.886. The van der Waals surface area contributed by atoms with E-state index in [4.69, 9.17) is 0 Å². The molecule has 72 valence electrons. The molecule has 0 heterocycles. The van der Waals surface area contributed by atoms with Gasteiger partial charge in [-0.2, -0.15) is 0 Å². The Balaban J connectivity index is 2.29. The van der Waals surface area contributed by atoms with Crippen molar-refractivity contribution >= 4 is 29.1 Å². The fourth-order valence-electron chi connectivity index (χ4n) is 1.62. The Morgan fingerprint density at radius 1 is 1.08 bits per heavy atom. The van der Waals surface area contributed by atoms with Crippen molar-refractivity contribution in [3.63, 3.8) is 0 Å². The third-order valence-electron chi connectivity index (χ3n) is 2.14. The predicted octanol–water partition coefficient (Wildman–Crippen LogP) is 4.75. The zero-order valence-electron chi connectivity index (χ0n) is 8.08. The molecule has 0 aromatic rings. The Morgan fingerprint density at radius 2 is 1.58 bits per heavy atom. The fourth-order valence-corrected chi connectivity index (χ4v) is 10.3. The molecule has 1 rings (SSSR count). The molecular weight excluding hydrogens is 203 g/mol. The van der Waals surface area contributed by atoms with Crippen molar-refractivity contribution in [2.24, 2.45) is 0 Å². The van der Waals surface area contributed by atoms with E-state index in [0.29, 0.717) is 0 Å². The van der Waals surface area contributed by atoms with Crippen LogP contribution >= 0.6 is 29.1 Å². The molecule has 0 bridgehead atoms. The number of hydrogen-bond donors (Lipinski definition) is 0. The normalized spacial score (nSPS) is 19.2. The van der Waals surface area contributed by atoms with Crippen LogP contribution in [0.4, 0.5) is 0 Å². The Bertz CT molecular complexity index is 107. The first-order valence-corrected chi connectivity index (χ1v) is 9.52. The van der Waals surface area contributed by atoms with Crippen LogP contribution in [0.25, 0.3) is 0 Å². The van der Waals surface area contributed by atoms with Crippen molar-refractivity contribution in [2.45, 2.75) is 45.2 Å². The van der Waals surface area contributed by atoms with Gasteiger partial charge in [0.25, 0.3) is 0 Å². The molecule has 0 saturated heterocycles. The van der Waals surface area contributed by atoms with Crippen LogP contribution in [0.1, 0.15) is 39.5 Å². The van der Waals surface area contributed by atoms with Gasteiger partial charge in [-0.15, -0.1) is 22.8 Å². The van der Waals surface area contributed by atoms with Crippen LogP contribution in [-0.2, 0) is 0 Å². The minimum Gasteiger partial charge on any atom is -0.123 e. The monoisotopic (exact) mass is 222 g/mol. The molecule has 0 unspecified atom stereocenters. The number of rotatable bonds is 5. The first kappa shape index (κ1) is 11.2. The predicted molar refractivity (Wildman–Crippen MR) is 65.4 cm³/mol. The minimum absolute atomic E-state index is 0.271. The smallest absolute Gasteiger partial charge is 0.0153 e. The molecule has 0 aromatic heterocycles. The van der Waals surface area contributed by atoms with Crippen LogP contribution in [0.2, 0.25) is 0 Å². The van der Waals surface area contributed by atoms with Crippen molar-refractivity contribution in [1.29, 1.82) is 0 Å². The Hall–Kier alpha value is 1.13. The highest BCUT2D eigenvalue weighted by atomic mass is 33.1. The maximum absolute atomic E-state index is 2.30. The van der Waals surface area contributed by atoms with Gasteiger partial charge >= 0.3 is 0 Å². The maximum atomic E-state index is 2.30. The molecule has 1 aliphatic carbocycles. The molecule has 0 nitrogen and oxygen atoms in total. The lowest BCUT2D eigenvalue weighted by atomic mass is 10.4. The first-order chi connectivity index (χ1) is 5.88. The average molecular weight is 222 g/mol. The lowest BCUT2D eigenvalue weighted by Gasteiger charge is -2.20. The molecule has 0 aliphatic heterocycles. The van der Waals surface area contributed by atoms with Gasteiger partial charge in [0.1, 0.15) is 0 Å². The summed E-state index contributed by atoms with van der Waals surface area (Å²) in [5.74, 6) is 2.63. The van der Waals surface area contributed by atoms with Gasteiger partial charge in [-0.1, -0.05) is 26.7 Å². The summed E-state index contributed by atoms with van der Waals surface area (Å²) in [4.78, 5) is 0. The largest absolute Gasteiger partial charge is 0.123 e. The molecule has 1 fully saturated rings. The van der Waals surface area contributed by atoms with Crippen LogP contribution in [0.3, 0.4) is 0 Å². The highest BCUT2D eigenvalue weighted by Crippen LogP contribution is 2.67. The molecule has 1 saturated carbocycles. The summed E-state index contributed by atoms with van der Waals surface area (Å²) in [5.41, 5.74) is 1.09. The summed E-state index contributed by atoms with van der Waals surface area (Å²) >= 11 is 4.45. The third kappa shape index (κ3) is 3.47. The second-order valence-corrected chi connectivity index (χ2v) is 10.6. The van der Waals surface area contributed by atoms with Crippen LogP contribution in [0.15, 0.2) is 0 Å². The lowest BCUT2D eigenvalue weighted by Crippen LogP contribution is -1.94. The minimum atomic E-state index is 0.271. The summed E-state index contributed by atoms with van der Waals surface area (Å²) < 4.78 is 0. The Morgan fingerprint density at radius 3 is 2.00 bits per heavy atom. The van der Waals surface area contributed by atoms with Crippen LogP contribution < -0.4 is 0 Å². The summed E-state index contributed by atoms with van der Waals surface area (Å²) in [7, 11) is 0. The van der Waals surface area contributed by atoms with Crippen molar-refractivity contribution in [1.82, 2.24) is 0 Å². The fraction of sp³-hybridized carbons (Fsp3) is 1.00. The highest BCUT2D eigenvalue weighted by molar-refractivity contribution is 8.88. The van der Waals surface area contributed by atoms with E-state index in [0.717, 1.165) is 5.66 Å². The van der Waals surface area contributed by atoms with Gasteiger partial charge in [0, 0.05) is 6.33 Å². The molecule has 0 atom stereocenters. The molecule has 0 spiro atoms. The van der Waals surface area contributed by atoms with Crippen molar-refractivity contribution in [3.05, 3.63) is 0 Å². The van der Waals surface area contributed by atoms with Crippen LogP contribution in [0.5, 0.6) is 0 Å². The third-order valence-corrected chi connectivity index (χ3v) is 11.0. The van der Waals surface area contributed by atoms with Gasteiger partial charge in [-0.3, -0.25) is 0 Å². The zero-order chi connectivity index (χ0) is 8.81. The summed E-state index contributed by atoms with van der Waals surface area (Å²) in [5, 5.41) is 0. The van der Waals surface area contributed by atoms with Crippen molar-refractivity contribution < 1.29 is 0 Å². The van der Waals surface area contributed by atoms with Gasteiger partial charge in [0.2, 0.25) is 0 Å². The van der Waals surface area contributed by atoms with Crippen LogP contribution in [-0.4, -0.2) is 17.2 Å². The van der Waals surface area contributed by atoms with Crippen molar-refractivity contribution in [3.8, 4) is 0 Å². The van der Waals surface area contributed by atoms with Gasteiger partial charge in [-0.25, -0.2) is 0 Å². The molecular formula is C9H19PS2. The van der Waals surface area contributed by atoms with Gasteiger partial charge < -0.3 is 0 Å². The Kier molecular flexibility index (Phi) is 6.13. The zero-order valence-corrected chi connectivity index (χ0v) is 10.6. The van der Waals surface area contributed by atoms with Crippen LogP contribution in [0, 0.1) is 0 Å². The molecule has 0 N–H and O–H groups in total. The topological polar surface area (TPSA) is 0 Å². The standard InChI is InChI=1S/C9H19PS2/c1-3-11-10(12-4-2)9-7-5-6-8-9/h9H,3-8H2,1-2H3. The van der Waals surface area contributed by atoms with E-state index in [-0.39, 0.29) is 6.33 Å². The molecule has 3 heteroatoms. The second-order valence-electron chi connectivity index (χ2n) is 3.06. The van der Waals surface area contributed by atoms with Crippen molar-refractivity contribution in [2.75, 3.05) is 11.5 Å². The van der Waals surface area contributed by atoms with Gasteiger partial charge in [0.05, 0.1) is 0 Å². The van der Waals surface area contributed by atoms with E-state index in [2.05, 4.69) is 36.6 Å². The van der Waals surface area contributed by atoms with E-state index in [1.54, 1.807) is 0 Å². The maximum Gasteiger partial charge on any atom is 0.0153 e. The molecule has 12 heavy (non-hydrogen) atoms. The molecule has 0 amide bonds. The number of hydrogen-bond acceptors (Lipinski definition) is 2. The van der Waals surface area contributed by atoms with E-state index >= 15 is 0 Å². The van der Waals surface area contributed by atoms with E-state index in [9.17, 15) is 0 Å². The highest BCUT2D eigenvalue weighted by Gasteiger charge is 2.24. The average Bonchev–Trinajstić information content (AvgIpc) is 2.56. The second kappa shape index (κ2) is 6.56. The molecule has 1 aliphatic rings. The molecule has 0 aromatic carbocycles. The summed E-state index contributed by atoms with van der Waals surface area (Å²) in [6.07, 6.45) is 6.31. The van der Waals surface area contributed by atoms with E-state index in [1.807, 2.05) is 0 Å². The van der Waals surface area contributed by atoms with Gasteiger partial charge in [-0.05, 0) is 30.0 Å². The van der Waals surface area contributed by atoms with Gasteiger partial charge in [0.15, 0.2) is 0 Å². The van der Waals surface area contributed by atoms with E-state index in [1.165, 1.54) is 37.2 Å². The molecule has 0 radical (unpaired) electrons. The quantitative estimate of drug-likeness (QED) is 0.616. The first-order valence-electron chi connectivity index (χ1n) is 4.93. The Labute approximate surface area is 85.9 Å². The summed E-state index contributed by atoms with van der Waals surface area (Å²) in [6.45, 7) is 4.59. The SMILES string of the molecule is CCSP(SCC)C1CCCC1.